The van der Waals surface area contributed by atoms with Gasteiger partial charge in [0.05, 0.1) is 35.1 Å². The molecule has 0 amide bonds. The summed E-state index contributed by atoms with van der Waals surface area (Å²) in [5.41, 5.74) is 41.8. The van der Waals surface area contributed by atoms with Crippen LogP contribution in [0.25, 0.3) is 44.1 Å². The highest BCUT2D eigenvalue weighted by Crippen LogP contribution is 2.43. The van der Waals surface area contributed by atoms with Gasteiger partial charge >= 0.3 is 5.65 Å². The number of pyridine rings is 2. The molecule has 19 heteroatoms. The minimum Gasteiger partial charge on any atom is -0.399 e. The summed E-state index contributed by atoms with van der Waals surface area (Å²) in [5.74, 6) is 0.846. The molecule has 1 unspecified atom stereocenters. The number of H-pyrrole nitrogens is 1. The summed E-state index contributed by atoms with van der Waals surface area (Å²) in [6.45, 7) is 0. The van der Waals surface area contributed by atoms with Crippen molar-refractivity contribution in [2.45, 2.75) is 111 Å². The van der Waals surface area contributed by atoms with Crippen molar-refractivity contribution in [3.05, 3.63) is 249 Å². The summed E-state index contributed by atoms with van der Waals surface area (Å²) >= 11 is 1.82. The van der Waals surface area contributed by atoms with E-state index >= 15 is 0 Å². The summed E-state index contributed by atoms with van der Waals surface area (Å²) in [6.07, 6.45) is 29.4. The van der Waals surface area contributed by atoms with Crippen LogP contribution in [0.2, 0.25) is 0 Å². The van der Waals surface area contributed by atoms with Crippen molar-refractivity contribution in [2.24, 2.45) is 12.8 Å². The average Bonchev–Trinajstić information content (AvgIpc) is 1.90. The van der Waals surface area contributed by atoms with Crippen molar-refractivity contribution in [3.63, 3.8) is 0 Å². The number of nitrogen functional groups attached to an aromatic ring is 4. The predicted octanol–water partition coefficient (Wildman–Crippen LogP) is 15.6. The summed E-state index contributed by atoms with van der Waals surface area (Å²) in [7, 11) is 1.89. The maximum absolute atomic E-state index is 5.95. The molecule has 95 heavy (non-hydrogen) atoms. The smallest absolute Gasteiger partial charge is 0.306 e. The molecule has 0 saturated heterocycles. The molecular weight excluding hydrogens is 1200 g/mol. The number of aromatic nitrogens is 10. The molecule has 17 rings (SSSR count). The molecule has 18 nitrogen and oxygen atoms in total. The lowest BCUT2D eigenvalue weighted by Crippen LogP contribution is -2.40. The maximum Gasteiger partial charge on any atom is 0.306 e. The molecule has 7 aromatic carbocycles. The Morgan fingerprint density at radius 2 is 1.06 bits per heavy atom. The van der Waals surface area contributed by atoms with Gasteiger partial charge in [-0.05, 0) is 135 Å². The van der Waals surface area contributed by atoms with Crippen LogP contribution in [0.4, 0.5) is 45.8 Å². The van der Waals surface area contributed by atoms with Crippen molar-refractivity contribution >= 4 is 102 Å². The monoisotopic (exact) mass is 1280 g/mol. The molecule has 0 bridgehead atoms. The van der Waals surface area contributed by atoms with Crippen LogP contribution in [-0.2, 0) is 13.5 Å². The molecule has 0 radical (unpaired) electrons. The molecule has 2 fully saturated rings. The van der Waals surface area contributed by atoms with E-state index in [4.69, 9.17) is 28.7 Å². The van der Waals surface area contributed by atoms with Gasteiger partial charge in [0.1, 0.15) is 11.8 Å². The molecule has 4 aliphatic rings. The number of benzene rings is 7. The molecule has 2 saturated carbocycles. The van der Waals surface area contributed by atoms with Gasteiger partial charge in [-0.3, -0.25) is 15.0 Å². The fourth-order valence-corrected chi connectivity index (χ4v) is 12.5. The molecule has 14 N–H and O–H groups in total. The Morgan fingerprint density at radius 1 is 0.484 bits per heavy atom. The molecule has 1 aliphatic heterocycles. The number of nitrogens with one attached hydrogen (secondary N) is 4. The van der Waals surface area contributed by atoms with Crippen LogP contribution >= 0.6 is 11.8 Å². The number of nitrogens with two attached hydrogens (primary N) is 5. The Morgan fingerprint density at radius 3 is 1.72 bits per heavy atom. The number of anilines is 8. The van der Waals surface area contributed by atoms with E-state index in [9.17, 15) is 0 Å². The zero-order valence-electron chi connectivity index (χ0n) is 53.8. The van der Waals surface area contributed by atoms with Gasteiger partial charge in [0, 0.05) is 80.5 Å². The molecule has 7 heterocycles. The number of aryl methyl sites for hydroxylation is 2. The van der Waals surface area contributed by atoms with E-state index < -0.39 is 0 Å². The Labute approximate surface area is 560 Å². The molecule has 3 aliphatic carbocycles. The van der Waals surface area contributed by atoms with E-state index in [0.29, 0.717) is 28.8 Å². The fourth-order valence-electron chi connectivity index (χ4n) is 11.5. The first kappa shape index (κ1) is 67.3. The summed E-state index contributed by atoms with van der Waals surface area (Å²) in [6, 6.07) is 66.9. The van der Waals surface area contributed by atoms with Crippen molar-refractivity contribution in [2.75, 3.05) is 33.6 Å². The Hall–Kier alpha value is -10.6. The van der Waals surface area contributed by atoms with Crippen LogP contribution in [0.1, 0.15) is 94.2 Å². The number of fused-ring (bicyclic) bond motifs is 7. The van der Waals surface area contributed by atoms with E-state index in [1.807, 2.05) is 145 Å². The summed E-state index contributed by atoms with van der Waals surface area (Å²) < 4.78 is 1.85. The van der Waals surface area contributed by atoms with Crippen LogP contribution in [0.3, 0.4) is 0 Å². The minimum atomic E-state index is 0.292. The summed E-state index contributed by atoms with van der Waals surface area (Å²) in [5, 5.41) is 12.8. The highest BCUT2D eigenvalue weighted by molar-refractivity contribution is 7.99. The van der Waals surface area contributed by atoms with Crippen molar-refractivity contribution < 1.29 is 4.57 Å². The van der Waals surface area contributed by atoms with Crippen LogP contribution in [-0.4, -0.2) is 56.9 Å². The number of hydrogen-bond donors (Lipinski definition) is 9. The number of rotatable bonds is 4. The first-order chi connectivity index (χ1) is 46.6. The first-order valence-corrected chi connectivity index (χ1v) is 33.3. The number of nitrogens with zero attached hydrogens (tertiary/aromatic N) is 9. The Balaban J connectivity index is 0.000000118. The Bertz CT molecular complexity index is 4210. The van der Waals surface area contributed by atoms with Gasteiger partial charge in [-0.2, -0.15) is 4.98 Å². The lowest BCUT2D eigenvalue weighted by molar-refractivity contribution is -0.646. The van der Waals surface area contributed by atoms with Crippen molar-refractivity contribution in [1.29, 1.82) is 0 Å². The number of imidazole rings is 1. The van der Waals surface area contributed by atoms with E-state index in [1.165, 1.54) is 122 Å². The van der Waals surface area contributed by atoms with E-state index in [-0.39, 0.29) is 0 Å². The molecule has 1 atom stereocenters. The largest absolute Gasteiger partial charge is 0.399 e. The van der Waals surface area contributed by atoms with Gasteiger partial charge in [-0.25, -0.2) is 24.5 Å². The van der Waals surface area contributed by atoms with E-state index in [0.717, 1.165) is 74.2 Å². The van der Waals surface area contributed by atoms with Crippen LogP contribution in [0.15, 0.2) is 248 Å². The highest BCUT2D eigenvalue weighted by atomic mass is 32.2. The molecule has 13 aromatic rings. The lowest BCUT2D eigenvalue weighted by atomic mass is 9.88. The number of para-hydroxylation sites is 5. The van der Waals surface area contributed by atoms with Crippen LogP contribution in [0.5, 0.6) is 0 Å². The zero-order valence-corrected chi connectivity index (χ0v) is 54.6. The quantitative estimate of drug-likeness (QED) is 0.0585. The van der Waals surface area contributed by atoms with Crippen molar-refractivity contribution in [3.8, 4) is 0 Å². The summed E-state index contributed by atoms with van der Waals surface area (Å²) in [4.78, 5) is 37.3. The second kappa shape index (κ2) is 35.4. The first-order valence-electron chi connectivity index (χ1n) is 32.5. The van der Waals surface area contributed by atoms with Gasteiger partial charge in [0.15, 0.2) is 29.9 Å². The third-order valence-electron chi connectivity index (χ3n) is 16.4. The van der Waals surface area contributed by atoms with Gasteiger partial charge in [-0.15, -0.1) is 0 Å². The van der Waals surface area contributed by atoms with E-state index in [1.54, 1.807) is 31.1 Å². The normalized spacial score (nSPS) is 14.4. The predicted molar refractivity (Wildman–Crippen MR) is 391 cm³/mol. The van der Waals surface area contributed by atoms with Crippen molar-refractivity contribution in [1.82, 2.24) is 50.2 Å². The average molecular weight is 1280 g/mol. The topological polar surface area (TPSA) is 289 Å². The highest BCUT2D eigenvalue weighted by Gasteiger charge is 2.20. The zero-order chi connectivity index (χ0) is 65.8. The number of hydrogen-bond acceptors (Lipinski definition) is 17. The van der Waals surface area contributed by atoms with Crippen LogP contribution in [0, 0.1) is 0 Å². The number of aromatic amines is 1. The second-order valence-electron chi connectivity index (χ2n) is 23.3. The maximum atomic E-state index is 5.95. The van der Waals surface area contributed by atoms with Gasteiger partial charge in [-0.1, -0.05) is 171 Å². The van der Waals surface area contributed by atoms with Crippen LogP contribution < -0.4 is 49.2 Å². The SMILES string of the molecule is C1CCC(NC2CCCCC2)CC1.C[n+]1c[nH]c2c(N)ncnc21.NC1CCCc2ccccc21.Nc1ccc2cccnc2c1.Nc1cccc2cccnc12.Nc1ncnc2nccnc12.c1ccc(Nc2ccccc2)cc1.c1ccc2c(c1)Nc1ccccc1S2. The van der Waals surface area contributed by atoms with Gasteiger partial charge < -0.3 is 44.6 Å². The molecule has 484 valence electrons. The lowest BCUT2D eigenvalue weighted by Gasteiger charge is -2.30. The third kappa shape index (κ3) is 20.2. The molecule has 6 aromatic heterocycles. The fraction of sp³-hybridized carbons (Fsp3) is 0.224. The Kier molecular flexibility index (Phi) is 25.1. The minimum absolute atomic E-state index is 0.292. The van der Waals surface area contributed by atoms with Gasteiger partial charge in [0.2, 0.25) is 5.52 Å². The third-order valence-corrected chi connectivity index (χ3v) is 17.5. The van der Waals surface area contributed by atoms with E-state index in [2.05, 4.69) is 134 Å². The second-order valence-corrected chi connectivity index (χ2v) is 24.4. The van der Waals surface area contributed by atoms with Gasteiger partial charge in [0.25, 0.3) is 0 Å². The standard InChI is InChI=1S/C12H9NS.C12H23N.C12H11N.C10H13N.2C9H8N2.C6H7N5.C6H5N5/c1-3-7-11-9(5-1)13-10-6-2-4-8-12(10)14-11;2*1-3-7-11(8-4-1)13-12-9-5-2-6-10-12;11-10-7-3-5-8-4-1-2-6-9(8)10;10-8-5-1-3-7-4-2-6-11-9(7)8;10-8-4-3-7-2-1-5-11-9(7)6-8;1-11-3-10-4-5(7)8-2-9-6(4)11;7-5-4-6(11-3-10-5)9-2-1-8-4/h1-8,13H;11-13H,1-10H2;1-10,13H;1-2,4,6,10H,3,5,7,11H2;2*1-6H,10H2;2-3H,1H3,(H2,7,8,9);1-3H,(H2,7,9,10,11)/p+1. The molecular formula is C76H85N18S+. The molecule has 0 spiro atoms.